The second kappa shape index (κ2) is 5.28. The maximum Gasteiger partial charge on any atom is 0.178 e. The first-order valence-electron chi connectivity index (χ1n) is 7.87. The minimum Gasteiger partial charge on any atom is -0.360 e. The number of aromatic nitrogens is 1. The number of ketones is 1. The fraction of sp³-hybridized carbons (Fsp3) is 0.471. The summed E-state index contributed by atoms with van der Waals surface area (Å²) in [5, 5.41) is 1.04. The van der Waals surface area contributed by atoms with Crippen molar-refractivity contribution in [1.82, 2.24) is 14.8 Å². The Hall–Kier alpha value is -1.65. The molecule has 0 bridgehead atoms. The summed E-state index contributed by atoms with van der Waals surface area (Å²) in [5.41, 5.74) is 1.87. The predicted molar refractivity (Wildman–Crippen MR) is 83.7 cm³/mol. The summed E-state index contributed by atoms with van der Waals surface area (Å²) >= 11 is 0. The van der Waals surface area contributed by atoms with Crippen LogP contribution in [0.1, 0.15) is 23.2 Å². The molecule has 0 spiro atoms. The smallest absolute Gasteiger partial charge is 0.178 e. The molecule has 2 aromatic rings. The predicted octanol–water partition coefficient (Wildman–Crippen LogP) is 2.13. The summed E-state index contributed by atoms with van der Waals surface area (Å²) in [6.07, 6.45) is 4.59. The van der Waals surface area contributed by atoms with Crippen molar-refractivity contribution in [3.63, 3.8) is 0 Å². The van der Waals surface area contributed by atoms with Crippen LogP contribution < -0.4 is 0 Å². The molecule has 2 heterocycles. The molecule has 1 aliphatic carbocycles. The maximum atomic E-state index is 12.5. The molecule has 1 aromatic carbocycles. The Labute approximate surface area is 124 Å². The van der Waals surface area contributed by atoms with Crippen molar-refractivity contribution in [2.75, 3.05) is 32.7 Å². The van der Waals surface area contributed by atoms with E-state index in [0.29, 0.717) is 6.54 Å². The van der Waals surface area contributed by atoms with Gasteiger partial charge in [0.05, 0.1) is 6.54 Å². The molecule has 2 fully saturated rings. The second-order valence-corrected chi connectivity index (χ2v) is 6.21. The minimum atomic E-state index is 0.229. The molecule has 4 rings (SSSR count). The zero-order valence-corrected chi connectivity index (χ0v) is 12.2. The normalized spacial score (nSPS) is 21.0. The SMILES string of the molecule is O=C(CN1CCN(C2CC2)CC1)c1c[nH]c2ccccc12. The number of carbonyl (C=O) groups excluding carboxylic acids is 1. The van der Waals surface area contributed by atoms with E-state index in [2.05, 4.69) is 14.8 Å². The van der Waals surface area contributed by atoms with Crippen molar-refractivity contribution in [2.24, 2.45) is 0 Å². The first-order chi connectivity index (χ1) is 10.3. The van der Waals surface area contributed by atoms with E-state index >= 15 is 0 Å². The number of fused-ring (bicyclic) bond motifs is 1. The highest BCUT2D eigenvalue weighted by molar-refractivity contribution is 6.08. The Bertz CT molecular complexity index is 651. The summed E-state index contributed by atoms with van der Waals surface area (Å²) in [5.74, 6) is 0.229. The summed E-state index contributed by atoms with van der Waals surface area (Å²) in [7, 11) is 0. The van der Waals surface area contributed by atoms with E-state index in [4.69, 9.17) is 0 Å². The summed E-state index contributed by atoms with van der Waals surface area (Å²) < 4.78 is 0. The quantitative estimate of drug-likeness (QED) is 0.874. The maximum absolute atomic E-state index is 12.5. The van der Waals surface area contributed by atoms with Gasteiger partial charge in [-0.25, -0.2) is 0 Å². The number of carbonyl (C=O) groups is 1. The molecule has 1 aliphatic heterocycles. The van der Waals surface area contributed by atoms with Gasteiger partial charge >= 0.3 is 0 Å². The Kier molecular flexibility index (Phi) is 3.28. The molecule has 4 nitrogen and oxygen atoms in total. The van der Waals surface area contributed by atoms with Gasteiger partial charge in [-0.1, -0.05) is 18.2 Å². The Balaban J connectivity index is 1.41. The molecule has 110 valence electrons. The highest BCUT2D eigenvalue weighted by atomic mass is 16.1. The average Bonchev–Trinajstić information content (AvgIpc) is 3.27. The molecule has 0 amide bonds. The second-order valence-electron chi connectivity index (χ2n) is 6.21. The van der Waals surface area contributed by atoms with Crippen LogP contribution in [0.5, 0.6) is 0 Å². The Morgan fingerprint density at radius 2 is 1.90 bits per heavy atom. The van der Waals surface area contributed by atoms with E-state index in [9.17, 15) is 4.79 Å². The van der Waals surface area contributed by atoms with Crippen molar-refractivity contribution >= 4 is 16.7 Å². The number of rotatable bonds is 4. The van der Waals surface area contributed by atoms with Crippen LogP contribution in [0.15, 0.2) is 30.5 Å². The van der Waals surface area contributed by atoms with E-state index in [0.717, 1.165) is 48.7 Å². The van der Waals surface area contributed by atoms with Gasteiger partial charge in [-0.2, -0.15) is 0 Å². The zero-order valence-electron chi connectivity index (χ0n) is 12.2. The van der Waals surface area contributed by atoms with Crippen LogP contribution in [-0.4, -0.2) is 59.3 Å². The Morgan fingerprint density at radius 1 is 1.14 bits per heavy atom. The third kappa shape index (κ3) is 2.61. The number of nitrogens with one attached hydrogen (secondary N) is 1. The average molecular weight is 283 g/mol. The molecular weight excluding hydrogens is 262 g/mol. The molecule has 1 N–H and O–H groups in total. The molecule has 21 heavy (non-hydrogen) atoms. The third-order valence-corrected chi connectivity index (χ3v) is 4.73. The van der Waals surface area contributed by atoms with Gasteiger partial charge in [0.25, 0.3) is 0 Å². The third-order valence-electron chi connectivity index (χ3n) is 4.73. The Morgan fingerprint density at radius 3 is 2.67 bits per heavy atom. The van der Waals surface area contributed by atoms with E-state index in [1.54, 1.807) is 0 Å². The van der Waals surface area contributed by atoms with Gasteiger partial charge in [0.15, 0.2) is 5.78 Å². The lowest BCUT2D eigenvalue weighted by molar-refractivity contribution is 0.0845. The lowest BCUT2D eigenvalue weighted by Gasteiger charge is -2.34. The first-order valence-corrected chi connectivity index (χ1v) is 7.87. The summed E-state index contributed by atoms with van der Waals surface area (Å²) in [6, 6.07) is 8.85. The molecule has 0 atom stereocenters. The molecular formula is C17H21N3O. The van der Waals surface area contributed by atoms with Crippen LogP contribution in [0, 0.1) is 0 Å². The standard InChI is InChI=1S/C17H21N3O/c21-17(15-11-18-16-4-2-1-3-14(15)16)12-19-7-9-20(10-8-19)13-5-6-13/h1-4,11,13,18H,5-10,12H2. The molecule has 0 radical (unpaired) electrons. The van der Waals surface area contributed by atoms with Crippen LogP contribution in [0.4, 0.5) is 0 Å². The number of hydrogen-bond acceptors (Lipinski definition) is 3. The van der Waals surface area contributed by atoms with Gasteiger partial charge in [0.1, 0.15) is 0 Å². The number of para-hydroxylation sites is 1. The van der Waals surface area contributed by atoms with E-state index in [1.807, 2.05) is 30.5 Å². The van der Waals surface area contributed by atoms with Crippen LogP contribution in [0.3, 0.4) is 0 Å². The van der Waals surface area contributed by atoms with E-state index < -0.39 is 0 Å². The molecule has 2 aliphatic rings. The number of hydrogen-bond donors (Lipinski definition) is 1. The number of piperazine rings is 1. The van der Waals surface area contributed by atoms with Crippen molar-refractivity contribution in [3.05, 3.63) is 36.0 Å². The van der Waals surface area contributed by atoms with Gasteiger partial charge < -0.3 is 4.98 Å². The van der Waals surface area contributed by atoms with Crippen molar-refractivity contribution in [1.29, 1.82) is 0 Å². The van der Waals surface area contributed by atoms with Gasteiger partial charge in [-0.15, -0.1) is 0 Å². The monoisotopic (exact) mass is 283 g/mol. The summed E-state index contributed by atoms with van der Waals surface area (Å²) in [6.45, 7) is 4.81. The van der Waals surface area contributed by atoms with Crippen LogP contribution >= 0.6 is 0 Å². The van der Waals surface area contributed by atoms with Gasteiger partial charge in [0, 0.05) is 54.9 Å². The fourth-order valence-corrected chi connectivity index (χ4v) is 3.32. The highest BCUT2D eigenvalue weighted by Gasteiger charge is 2.31. The van der Waals surface area contributed by atoms with Crippen LogP contribution in [-0.2, 0) is 0 Å². The fourth-order valence-electron chi connectivity index (χ4n) is 3.32. The zero-order chi connectivity index (χ0) is 14.2. The van der Waals surface area contributed by atoms with Crippen molar-refractivity contribution in [2.45, 2.75) is 18.9 Å². The molecule has 4 heteroatoms. The van der Waals surface area contributed by atoms with Crippen LogP contribution in [0.2, 0.25) is 0 Å². The molecule has 1 aromatic heterocycles. The lowest BCUT2D eigenvalue weighted by atomic mass is 10.1. The first kappa shape index (κ1) is 13.0. The van der Waals surface area contributed by atoms with Crippen LogP contribution in [0.25, 0.3) is 10.9 Å². The van der Waals surface area contributed by atoms with Gasteiger partial charge in [-0.05, 0) is 18.9 Å². The van der Waals surface area contributed by atoms with E-state index in [-0.39, 0.29) is 5.78 Å². The number of benzene rings is 1. The lowest BCUT2D eigenvalue weighted by Crippen LogP contribution is -2.48. The molecule has 0 unspecified atom stereocenters. The highest BCUT2D eigenvalue weighted by Crippen LogP contribution is 2.27. The minimum absolute atomic E-state index is 0.229. The van der Waals surface area contributed by atoms with Gasteiger partial charge in [0.2, 0.25) is 0 Å². The largest absolute Gasteiger partial charge is 0.360 e. The topological polar surface area (TPSA) is 39.3 Å². The molecule has 1 saturated heterocycles. The van der Waals surface area contributed by atoms with Gasteiger partial charge in [-0.3, -0.25) is 14.6 Å². The number of aromatic amines is 1. The molecule has 1 saturated carbocycles. The van der Waals surface area contributed by atoms with Crippen molar-refractivity contribution < 1.29 is 4.79 Å². The number of H-pyrrole nitrogens is 1. The van der Waals surface area contributed by atoms with E-state index in [1.165, 1.54) is 12.8 Å². The number of Topliss-reactive ketones (excluding diaryl/α,β-unsaturated/α-hetero) is 1. The summed E-state index contributed by atoms with van der Waals surface area (Å²) in [4.78, 5) is 20.6. The van der Waals surface area contributed by atoms with Crippen molar-refractivity contribution in [3.8, 4) is 0 Å². The number of nitrogens with zero attached hydrogens (tertiary/aromatic N) is 2.